The molecule has 1 saturated carbocycles. The summed E-state index contributed by atoms with van der Waals surface area (Å²) in [5.41, 5.74) is 0. The van der Waals surface area contributed by atoms with Gasteiger partial charge in [-0.2, -0.15) is 11.8 Å². The van der Waals surface area contributed by atoms with E-state index in [1.807, 2.05) is 24.0 Å². The maximum absolute atomic E-state index is 4.45. The van der Waals surface area contributed by atoms with E-state index in [0.717, 1.165) is 30.2 Å². The average Bonchev–Trinajstić information content (AvgIpc) is 2.97. The molecule has 3 rings (SSSR count). The minimum atomic E-state index is 0.709. The first-order chi connectivity index (χ1) is 9.85. The van der Waals surface area contributed by atoms with Gasteiger partial charge in [0.25, 0.3) is 0 Å². The third-order valence-electron chi connectivity index (χ3n) is 4.66. The molecule has 2 fully saturated rings. The van der Waals surface area contributed by atoms with Crippen molar-refractivity contribution >= 4 is 17.6 Å². The van der Waals surface area contributed by atoms with Crippen LogP contribution in [-0.4, -0.2) is 41.7 Å². The number of pyridine rings is 1. The van der Waals surface area contributed by atoms with E-state index in [0.29, 0.717) is 6.04 Å². The van der Waals surface area contributed by atoms with Crippen LogP contribution in [0.4, 0.5) is 5.82 Å². The van der Waals surface area contributed by atoms with Gasteiger partial charge in [-0.15, -0.1) is 0 Å². The minimum Gasteiger partial charge on any atom is -0.357 e. The van der Waals surface area contributed by atoms with Crippen LogP contribution in [0.3, 0.4) is 0 Å². The van der Waals surface area contributed by atoms with Gasteiger partial charge < -0.3 is 10.2 Å². The van der Waals surface area contributed by atoms with Crippen molar-refractivity contribution in [3.8, 4) is 0 Å². The SMILES string of the molecule is CSC1CCC(NC2CCN(c3ccccn3)CC2)C1. The van der Waals surface area contributed by atoms with Gasteiger partial charge in [0, 0.05) is 36.6 Å². The Kier molecular flexibility index (Phi) is 4.84. The topological polar surface area (TPSA) is 28.2 Å². The van der Waals surface area contributed by atoms with Crippen LogP contribution in [0.2, 0.25) is 0 Å². The molecule has 1 aliphatic heterocycles. The molecular weight excluding hydrogens is 266 g/mol. The Morgan fingerprint density at radius 2 is 2.00 bits per heavy atom. The summed E-state index contributed by atoms with van der Waals surface area (Å²) >= 11 is 2.04. The molecule has 0 amide bonds. The number of nitrogens with zero attached hydrogens (tertiary/aromatic N) is 2. The van der Waals surface area contributed by atoms with E-state index < -0.39 is 0 Å². The summed E-state index contributed by atoms with van der Waals surface area (Å²) in [6.45, 7) is 2.26. The Bertz CT molecular complexity index is 403. The normalized spacial score (nSPS) is 27.9. The predicted molar refractivity (Wildman–Crippen MR) is 87.5 cm³/mol. The van der Waals surface area contributed by atoms with E-state index in [2.05, 4.69) is 33.6 Å². The van der Waals surface area contributed by atoms with Gasteiger partial charge >= 0.3 is 0 Å². The zero-order chi connectivity index (χ0) is 13.8. The van der Waals surface area contributed by atoms with Gasteiger partial charge in [-0.3, -0.25) is 0 Å². The van der Waals surface area contributed by atoms with Crippen LogP contribution in [-0.2, 0) is 0 Å². The van der Waals surface area contributed by atoms with Crippen molar-refractivity contribution in [3.63, 3.8) is 0 Å². The summed E-state index contributed by atoms with van der Waals surface area (Å²) in [6.07, 6.45) is 10.8. The molecule has 1 aromatic heterocycles. The van der Waals surface area contributed by atoms with E-state index in [1.165, 1.54) is 32.1 Å². The fraction of sp³-hybridized carbons (Fsp3) is 0.688. The van der Waals surface area contributed by atoms with Crippen molar-refractivity contribution in [2.75, 3.05) is 24.2 Å². The molecule has 110 valence electrons. The molecule has 1 aliphatic carbocycles. The molecule has 2 atom stereocenters. The second-order valence-electron chi connectivity index (χ2n) is 5.98. The van der Waals surface area contributed by atoms with E-state index in [-0.39, 0.29) is 0 Å². The molecule has 3 nitrogen and oxygen atoms in total. The van der Waals surface area contributed by atoms with Gasteiger partial charge in [-0.25, -0.2) is 4.98 Å². The molecule has 2 heterocycles. The van der Waals surface area contributed by atoms with Crippen LogP contribution >= 0.6 is 11.8 Å². The third kappa shape index (κ3) is 3.47. The van der Waals surface area contributed by atoms with Crippen molar-refractivity contribution in [1.29, 1.82) is 0 Å². The Morgan fingerprint density at radius 1 is 1.15 bits per heavy atom. The fourth-order valence-corrected chi connectivity index (χ4v) is 4.25. The lowest BCUT2D eigenvalue weighted by Crippen LogP contribution is -2.45. The molecule has 4 heteroatoms. The van der Waals surface area contributed by atoms with E-state index >= 15 is 0 Å². The van der Waals surface area contributed by atoms with Gasteiger partial charge in [-0.05, 0) is 50.5 Å². The minimum absolute atomic E-state index is 0.709. The van der Waals surface area contributed by atoms with E-state index in [1.54, 1.807) is 0 Å². The van der Waals surface area contributed by atoms with Crippen molar-refractivity contribution < 1.29 is 0 Å². The molecule has 20 heavy (non-hydrogen) atoms. The molecule has 0 radical (unpaired) electrons. The summed E-state index contributed by atoms with van der Waals surface area (Å²) in [5, 5.41) is 4.78. The van der Waals surface area contributed by atoms with Gasteiger partial charge in [-0.1, -0.05) is 6.07 Å². The summed E-state index contributed by atoms with van der Waals surface area (Å²) in [7, 11) is 0. The van der Waals surface area contributed by atoms with Crippen LogP contribution in [0.25, 0.3) is 0 Å². The number of hydrogen-bond acceptors (Lipinski definition) is 4. The number of anilines is 1. The number of hydrogen-bond donors (Lipinski definition) is 1. The van der Waals surface area contributed by atoms with Gasteiger partial charge in [0.15, 0.2) is 0 Å². The standard InChI is InChI=1S/C16H25N3S/c1-20-15-6-5-14(12-15)18-13-7-10-19(11-8-13)16-4-2-3-9-17-16/h2-4,9,13-15,18H,5-8,10-12H2,1H3. The lowest BCUT2D eigenvalue weighted by molar-refractivity contribution is 0.367. The van der Waals surface area contributed by atoms with Crippen molar-refractivity contribution in [2.24, 2.45) is 0 Å². The number of nitrogens with one attached hydrogen (secondary N) is 1. The quantitative estimate of drug-likeness (QED) is 0.923. The molecule has 2 unspecified atom stereocenters. The Morgan fingerprint density at radius 3 is 2.65 bits per heavy atom. The highest BCUT2D eigenvalue weighted by Gasteiger charge is 2.27. The van der Waals surface area contributed by atoms with Gasteiger partial charge in [0.05, 0.1) is 0 Å². The zero-order valence-corrected chi connectivity index (χ0v) is 13.1. The number of piperidine rings is 1. The first kappa shape index (κ1) is 14.2. The number of thioether (sulfide) groups is 1. The second kappa shape index (κ2) is 6.81. The second-order valence-corrected chi connectivity index (χ2v) is 7.12. The number of aromatic nitrogens is 1. The molecule has 0 aromatic carbocycles. The fourth-order valence-electron chi connectivity index (χ4n) is 3.45. The van der Waals surface area contributed by atoms with Crippen LogP contribution in [0.5, 0.6) is 0 Å². The molecule has 1 saturated heterocycles. The summed E-state index contributed by atoms with van der Waals surface area (Å²) in [6, 6.07) is 7.65. The van der Waals surface area contributed by atoms with E-state index in [9.17, 15) is 0 Å². The maximum atomic E-state index is 4.45. The molecule has 0 bridgehead atoms. The Labute approximate surface area is 126 Å². The maximum Gasteiger partial charge on any atom is 0.128 e. The predicted octanol–water partition coefficient (Wildman–Crippen LogP) is 2.92. The first-order valence-corrected chi connectivity index (χ1v) is 9.09. The first-order valence-electron chi connectivity index (χ1n) is 7.80. The smallest absolute Gasteiger partial charge is 0.128 e. The average molecular weight is 291 g/mol. The van der Waals surface area contributed by atoms with Crippen LogP contribution in [0.15, 0.2) is 24.4 Å². The third-order valence-corrected chi connectivity index (χ3v) is 5.75. The lowest BCUT2D eigenvalue weighted by Gasteiger charge is -2.34. The Balaban J connectivity index is 1.45. The number of rotatable bonds is 4. The Hall–Kier alpha value is -0.740. The van der Waals surface area contributed by atoms with Crippen molar-refractivity contribution in [3.05, 3.63) is 24.4 Å². The largest absolute Gasteiger partial charge is 0.357 e. The summed E-state index contributed by atoms with van der Waals surface area (Å²) in [4.78, 5) is 6.87. The van der Waals surface area contributed by atoms with E-state index in [4.69, 9.17) is 0 Å². The van der Waals surface area contributed by atoms with Gasteiger partial charge in [0.2, 0.25) is 0 Å². The zero-order valence-electron chi connectivity index (χ0n) is 12.3. The molecule has 1 aromatic rings. The highest BCUT2D eigenvalue weighted by molar-refractivity contribution is 7.99. The van der Waals surface area contributed by atoms with Gasteiger partial charge in [0.1, 0.15) is 5.82 Å². The monoisotopic (exact) mass is 291 g/mol. The molecule has 2 aliphatic rings. The lowest BCUT2D eigenvalue weighted by atomic mass is 10.0. The summed E-state index contributed by atoms with van der Waals surface area (Å²) < 4.78 is 0. The highest BCUT2D eigenvalue weighted by atomic mass is 32.2. The highest BCUT2D eigenvalue weighted by Crippen LogP contribution is 2.29. The van der Waals surface area contributed by atoms with Crippen LogP contribution in [0.1, 0.15) is 32.1 Å². The van der Waals surface area contributed by atoms with Crippen molar-refractivity contribution in [1.82, 2.24) is 10.3 Å². The van der Waals surface area contributed by atoms with Crippen LogP contribution in [0, 0.1) is 0 Å². The molecule has 0 spiro atoms. The van der Waals surface area contributed by atoms with Crippen LogP contribution < -0.4 is 10.2 Å². The molecular formula is C16H25N3S. The molecule has 1 N–H and O–H groups in total. The van der Waals surface area contributed by atoms with Crippen molar-refractivity contribution in [2.45, 2.75) is 49.4 Å². The summed E-state index contributed by atoms with van der Waals surface area (Å²) in [5.74, 6) is 1.13.